The van der Waals surface area contributed by atoms with E-state index in [0.717, 1.165) is 78.0 Å². The molecule has 53 heavy (non-hydrogen) atoms. The highest BCUT2D eigenvalue weighted by Crippen LogP contribution is 2.49. The second-order valence-electron chi connectivity index (χ2n) is 21.6. The molecule has 0 bridgehead atoms. The van der Waals surface area contributed by atoms with Crippen LogP contribution in [0.3, 0.4) is 0 Å². The van der Waals surface area contributed by atoms with Gasteiger partial charge in [-0.25, -0.2) is 0 Å². The fourth-order valence-electron chi connectivity index (χ4n) is 16.6. The first-order chi connectivity index (χ1) is 26.3. The summed E-state index contributed by atoms with van der Waals surface area (Å²) in [7, 11) is 0. The molecule has 9 saturated carbocycles. The van der Waals surface area contributed by atoms with Gasteiger partial charge in [0.25, 0.3) is 0 Å². The second-order valence-corrected chi connectivity index (χ2v) is 21.6. The molecule has 6 unspecified atom stereocenters. The maximum atomic E-state index is 3.34. The number of fused-ring (bicyclic) bond motifs is 2. The van der Waals surface area contributed by atoms with Crippen LogP contribution < -0.4 is 0 Å². The smallest absolute Gasteiger partial charge is 0.0132 e. The van der Waals surface area contributed by atoms with Crippen LogP contribution in [0.1, 0.15) is 238 Å². The highest BCUT2D eigenvalue weighted by Gasteiger charge is 2.47. The number of rotatable bonds is 9. The van der Waals surface area contributed by atoms with Gasteiger partial charge < -0.3 is 0 Å². The van der Waals surface area contributed by atoms with E-state index in [4.69, 9.17) is 0 Å². The van der Waals surface area contributed by atoms with E-state index in [0.29, 0.717) is 0 Å². The summed E-state index contributed by atoms with van der Waals surface area (Å²) in [5.41, 5.74) is 0. The molecule has 0 aliphatic heterocycles. The second kappa shape index (κ2) is 18.6. The molecule has 0 spiro atoms. The van der Waals surface area contributed by atoms with Crippen LogP contribution in [0.4, 0.5) is 0 Å². The number of nitrogens with zero attached hydrogens (tertiary/aromatic N) is 3. The van der Waals surface area contributed by atoms with Gasteiger partial charge in [-0.15, -0.1) is 0 Å². The van der Waals surface area contributed by atoms with Crippen molar-refractivity contribution in [2.24, 2.45) is 23.7 Å². The van der Waals surface area contributed by atoms with Gasteiger partial charge in [0.15, 0.2) is 0 Å². The maximum absolute atomic E-state index is 3.34. The first-order valence-corrected chi connectivity index (χ1v) is 25.6. The molecule has 0 aromatic heterocycles. The molecule has 9 rings (SSSR count). The van der Waals surface area contributed by atoms with E-state index in [9.17, 15) is 0 Å². The molecule has 0 aromatic carbocycles. The van der Waals surface area contributed by atoms with Crippen molar-refractivity contribution < 1.29 is 0 Å². The molecule has 9 aliphatic rings. The highest BCUT2D eigenvalue weighted by molar-refractivity contribution is 5.01. The molecule has 3 nitrogen and oxygen atoms in total. The molecule has 0 saturated heterocycles. The summed E-state index contributed by atoms with van der Waals surface area (Å²) >= 11 is 0. The van der Waals surface area contributed by atoms with E-state index < -0.39 is 0 Å². The molecule has 0 N–H and O–H groups in total. The molecule has 0 aromatic rings. The minimum atomic E-state index is 0.883. The van der Waals surface area contributed by atoms with Crippen molar-refractivity contribution in [3.63, 3.8) is 0 Å². The van der Waals surface area contributed by atoms with Crippen molar-refractivity contribution in [1.82, 2.24) is 14.7 Å². The van der Waals surface area contributed by atoms with E-state index in [1.54, 1.807) is 38.5 Å². The molecule has 6 atom stereocenters. The van der Waals surface area contributed by atoms with Gasteiger partial charge in [0.2, 0.25) is 0 Å². The average Bonchev–Trinajstić information content (AvgIpc) is 3.24. The molecular weight excluding hydrogens is 643 g/mol. The lowest BCUT2D eigenvalue weighted by molar-refractivity contribution is -0.0584. The zero-order valence-electron chi connectivity index (χ0n) is 35.0. The fourth-order valence-corrected chi connectivity index (χ4v) is 16.6. The highest BCUT2D eigenvalue weighted by atomic mass is 15.3. The van der Waals surface area contributed by atoms with Gasteiger partial charge >= 0.3 is 0 Å². The summed E-state index contributed by atoms with van der Waals surface area (Å²) in [6, 6.07) is 8.16. The van der Waals surface area contributed by atoms with E-state index in [1.807, 2.05) is 0 Å². The van der Waals surface area contributed by atoms with Gasteiger partial charge in [-0.2, -0.15) is 0 Å². The third-order valence-corrected chi connectivity index (χ3v) is 18.8. The Morgan fingerprint density at radius 3 is 0.830 bits per heavy atom. The summed E-state index contributed by atoms with van der Waals surface area (Å²) in [6.07, 6.45) is 56.4. The van der Waals surface area contributed by atoms with Crippen molar-refractivity contribution in [3.8, 4) is 0 Å². The quantitative estimate of drug-likeness (QED) is 0.234. The first kappa shape index (κ1) is 38.4. The van der Waals surface area contributed by atoms with Gasteiger partial charge in [0.05, 0.1) is 0 Å². The van der Waals surface area contributed by atoms with Gasteiger partial charge in [0.1, 0.15) is 0 Å². The zero-order chi connectivity index (χ0) is 35.4. The number of hydrogen-bond donors (Lipinski definition) is 0. The van der Waals surface area contributed by atoms with Gasteiger partial charge in [0, 0.05) is 54.4 Å². The Kier molecular flexibility index (Phi) is 13.5. The lowest BCUT2D eigenvalue weighted by Crippen LogP contribution is -2.59. The Balaban J connectivity index is 0.889. The number of hydrogen-bond acceptors (Lipinski definition) is 3. The fraction of sp³-hybridized carbons (Fsp3) is 1.00. The standard InChI is InChI=1S/C50H87N3/c1-4-20-40(21-5-1)51(43-30-34-45(35-31-43)52(41-22-6-2-7-23-41)49-28-14-18-38-16-10-12-26-47(38)49)44-32-36-46(37-33-44)53(42-24-8-3-9-25-42)50-29-15-19-39-17-11-13-27-48(39)50/h38-50H,1-37H2. The molecule has 302 valence electrons. The predicted molar refractivity (Wildman–Crippen MR) is 224 cm³/mol. The van der Waals surface area contributed by atoms with Crippen molar-refractivity contribution >= 4 is 0 Å². The Morgan fingerprint density at radius 2 is 0.453 bits per heavy atom. The van der Waals surface area contributed by atoms with Crippen LogP contribution in [0.2, 0.25) is 0 Å². The van der Waals surface area contributed by atoms with Gasteiger partial charge in [-0.3, -0.25) is 14.7 Å². The minimum Gasteiger partial charge on any atom is -0.294 e. The lowest BCUT2D eigenvalue weighted by Gasteiger charge is -2.56. The van der Waals surface area contributed by atoms with Crippen LogP contribution in [0, 0.1) is 23.7 Å². The van der Waals surface area contributed by atoms with Crippen molar-refractivity contribution in [2.75, 3.05) is 0 Å². The van der Waals surface area contributed by atoms with Gasteiger partial charge in [-0.1, -0.05) is 122 Å². The average molecular weight is 730 g/mol. The monoisotopic (exact) mass is 730 g/mol. The Hall–Kier alpha value is -0.120. The Morgan fingerprint density at radius 1 is 0.189 bits per heavy atom. The molecule has 9 aliphatic carbocycles. The summed E-state index contributed by atoms with van der Waals surface area (Å²) in [5, 5.41) is 0. The molecule has 0 amide bonds. The van der Waals surface area contributed by atoms with E-state index >= 15 is 0 Å². The molecule has 3 heteroatoms. The lowest BCUT2D eigenvalue weighted by atomic mass is 9.66. The van der Waals surface area contributed by atoms with Gasteiger partial charge in [-0.05, 0) is 139 Å². The summed E-state index contributed by atoms with van der Waals surface area (Å²) in [4.78, 5) is 10.0. The SMILES string of the molecule is C1CCC(N(C2CCC(N(C3CCCCC3)C3CCCC4CCCCC43)CC2)C2CCC(N(C3CCCCC3)C3CCCC4CCCCC43)CC2)CC1. The maximum Gasteiger partial charge on any atom is 0.0132 e. The van der Waals surface area contributed by atoms with Crippen molar-refractivity contribution in [1.29, 1.82) is 0 Å². The minimum absolute atomic E-state index is 0.883. The molecule has 0 radical (unpaired) electrons. The Labute approximate surface area is 329 Å². The first-order valence-electron chi connectivity index (χ1n) is 25.6. The summed E-state index contributed by atoms with van der Waals surface area (Å²) in [5.74, 6) is 4.21. The van der Waals surface area contributed by atoms with Crippen LogP contribution in [0.25, 0.3) is 0 Å². The van der Waals surface area contributed by atoms with Crippen LogP contribution in [0.15, 0.2) is 0 Å². The van der Waals surface area contributed by atoms with E-state index in [-0.39, 0.29) is 0 Å². The van der Waals surface area contributed by atoms with Crippen LogP contribution in [-0.4, -0.2) is 69.1 Å². The Bertz CT molecular complexity index is 992. The van der Waals surface area contributed by atoms with E-state index in [2.05, 4.69) is 14.7 Å². The largest absolute Gasteiger partial charge is 0.294 e. The summed E-state index contributed by atoms with van der Waals surface area (Å²) < 4.78 is 0. The third-order valence-electron chi connectivity index (χ3n) is 18.8. The predicted octanol–water partition coefficient (Wildman–Crippen LogP) is 13.2. The van der Waals surface area contributed by atoms with E-state index in [1.165, 1.54) is 199 Å². The van der Waals surface area contributed by atoms with Crippen molar-refractivity contribution in [3.05, 3.63) is 0 Å². The molecule has 9 fully saturated rings. The topological polar surface area (TPSA) is 9.72 Å². The summed E-state index contributed by atoms with van der Waals surface area (Å²) in [6.45, 7) is 0. The normalized spacial score (nSPS) is 41.7. The molecular formula is C50H87N3. The zero-order valence-corrected chi connectivity index (χ0v) is 35.0. The van der Waals surface area contributed by atoms with Crippen LogP contribution in [0.5, 0.6) is 0 Å². The third kappa shape index (κ3) is 8.69. The van der Waals surface area contributed by atoms with Crippen LogP contribution >= 0.6 is 0 Å². The van der Waals surface area contributed by atoms with Crippen LogP contribution in [-0.2, 0) is 0 Å². The molecule has 0 heterocycles. The van der Waals surface area contributed by atoms with Crippen molar-refractivity contribution in [2.45, 2.75) is 292 Å².